The van der Waals surface area contributed by atoms with E-state index in [-0.39, 0.29) is 0 Å². The van der Waals surface area contributed by atoms with Crippen LogP contribution in [0, 0.1) is 11.3 Å². The summed E-state index contributed by atoms with van der Waals surface area (Å²) >= 11 is 0. The lowest BCUT2D eigenvalue weighted by Gasteiger charge is -2.14. The number of nitriles is 1. The Morgan fingerprint density at radius 1 is 0.450 bits per heavy atom. The van der Waals surface area contributed by atoms with Crippen LogP contribution < -0.4 is 0 Å². The van der Waals surface area contributed by atoms with E-state index in [0.29, 0.717) is 5.56 Å². The van der Waals surface area contributed by atoms with Crippen molar-refractivity contribution in [1.82, 2.24) is 0 Å². The van der Waals surface area contributed by atoms with E-state index in [1.165, 1.54) is 0 Å². The van der Waals surface area contributed by atoms with Crippen LogP contribution in [0.2, 0.25) is 0 Å². The van der Waals surface area contributed by atoms with Gasteiger partial charge in [0, 0.05) is 27.1 Å². The van der Waals surface area contributed by atoms with Crippen LogP contribution in [-0.4, -0.2) is 0 Å². The Morgan fingerprint density at radius 2 is 1.12 bits per heavy atom. The largest absolute Gasteiger partial charge is 0.456 e. The molecule has 0 N–H and O–H groups in total. The van der Waals surface area contributed by atoms with Crippen molar-refractivity contribution in [1.29, 1.82) is 5.26 Å². The molecule has 0 fully saturated rings. The smallest absolute Gasteiger partial charge is 0.143 e. The van der Waals surface area contributed by atoms with Gasteiger partial charge in [0.15, 0.2) is 0 Å². The molecule has 0 aliphatic heterocycles. The fourth-order valence-corrected chi connectivity index (χ4v) is 5.92. The second kappa shape index (κ2) is 8.73. The molecule has 8 aromatic rings. The predicted molar refractivity (Wildman–Crippen MR) is 162 cm³/mol. The first-order chi connectivity index (χ1) is 19.8. The van der Waals surface area contributed by atoms with Crippen LogP contribution in [0.25, 0.3) is 77.3 Å². The zero-order chi connectivity index (χ0) is 26.6. The van der Waals surface area contributed by atoms with Crippen LogP contribution in [-0.2, 0) is 0 Å². The Bertz CT molecular complexity index is 2290. The molecule has 3 heteroatoms. The summed E-state index contributed by atoms with van der Waals surface area (Å²) in [6.07, 6.45) is 0. The number of hydrogen-bond donors (Lipinski definition) is 0. The molecule has 40 heavy (non-hydrogen) atoms. The van der Waals surface area contributed by atoms with Gasteiger partial charge < -0.3 is 8.83 Å². The first-order valence-electron chi connectivity index (χ1n) is 13.2. The molecule has 2 aromatic heterocycles. The highest BCUT2D eigenvalue weighted by molar-refractivity contribution is 6.13. The summed E-state index contributed by atoms with van der Waals surface area (Å²) in [6.45, 7) is 0. The zero-order valence-electron chi connectivity index (χ0n) is 21.4. The average molecular weight is 512 g/mol. The molecule has 0 aliphatic carbocycles. The third-order valence-electron chi connectivity index (χ3n) is 7.73. The molecule has 186 valence electrons. The van der Waals surface area contributed by atoms with Crippen LogP contribution in [0.4, 0.5) is 0 Å². The van der Waals surface area contributed by atoms with E-state index < -0.39 is 0 Å². The number of benzene rings is 6. The summed E-state index contributed by atoms with van der Waals surface area (Å²) in [5, 5.41) is 14.0. The normalized spacial score (nSPS) is 11.5. The summed E-state index contributed by atoms with van der Waals surface area (Å²) in [4.78, 5) is 0. The van der Waals surface area contributed by atoms with Crippen molar-refractivity contribution in [2.75, 3.05) is 0 Å². The minimum Gasteiger partial charge on any atom is -0.456 e. The van der Waals surface area contributed by atoms with Crippen LogP contribution in [0.3, 0.4) is 0 Å². The molecular weight excluding hydrogens is 490 g/mol. The second-order valence-corrected chi connectivity index (χ2v) is 10.0. The highest BCUT2D eigenvalue weighted by Gasteiger charge is 2.18. The van der Waals surface area contributed by atoms with Gasteiger partial charge in [-0.25, -0.2) is 0 Å². The molecule has 2 heterocycles. The zero-order valence-corrected chi connectivity index (χ0v) is 21.4. The Balaban J connectivity index is 1.42. The molecule has 0 saturated heterocycles. The lowest BCUT2D eigenvalue weighted by Crippen LogP contribution is -1.89. The van der Waals surface area contributed by atoms with Gasteiger partial charge in [0.25, 0.3) is 0 Å². The van der Waals surface area contributed by atoms with Crippen molar-refractivity contribution in [2.24, 2.45) is 0 Å². The quantitative estimate of drug-likeness (QED) is 0.237. The van der Waals surface area contributed by atoms with Crippen molar-refractivity contribution in [3.8, 4) is 39.4 Å². The molecule has 3 nitrogen and oxygen atoms in total. The minimum absolute atomic E-state index is 0.624. The van der Waals surface area contributed by atoms with E-state index in [1.54, 1.807) is 0 Å². The molecule has 0 atom stereocenters. The minimum atomic E-state index is 0.624. The third-order valence-corrected chi connectivity index (χ3v) is 7.73. The van der Waals surface area contributed by atoms with Gasteiger partial charge in [-0.2, -0.15) is 5.26 Å². The van der Waals surface area contributed by atoms with Gasteiger partial charge in [0.05, 0.1) is 11.6 Å². The van der Waals surface area contributed by atoms with Crippen molar-refractivity contribution >= 4 is 43.9 Å². The predicted octanol–water partition coefficient (Wildman–Crippen LogP) is 10.4. The molecule has 0 saturated carbocycles. The molecule has 0 unspecified atom stereocenters. The Kier molecular flexibility index (Phi) is 4.89. The maximum atomic E-state index is 9.67. The van der Waals surface area contributed by atoms with Gasteiger partial charge in [0.1, 0.15) is 22.3 Å². The second-order valence-electron chi connectivity index (χ2n) is 10.0. The average Bonchev–Trinajstić information content (AvgIpc) is 3.59. The van der Waals surface area contributed by atoms with Gasteiger partial charge >= 0.3 is 0 Å². The van der Waals surface area contributed by atoms with Crippen molar-refractivity contribution < 1.29 is 8.83 Å². The summed E-state index contributed by atoms with van der Waals surface area (Å²) in [6, 6.07) is 45.5. The van der Waals surface area contributed by atoms with Gasteiger partial charge in [-0.05, 0) is 64.2 Å². The van der Waals surface area contributed by atoms with Crippen LogP contribution in [0.1, 0.15) is 5.56 Å². The number of rotatable bonds is 3. The number of fused-ring (bicyclic) bond motifs is 6. The fourth-order valence-electron chi connectivity index (χ4n) is 5.92. The van der Waals surface area contributed by atoms with Crippen LogP contribution in [0.5, 0.6) is 0 Å². The van der Waals surface area contributed by atoms with E-state index in [1.807, 2.05) is 66.7 Å². The molecular formula is C37H21NO2. The van der Waals surface area contributed by atoms with Gasteiger partial charge in [-0.1, -0.05) is 91.0 Å². The highest BCUT2D eigenvalue weighted by Crippen LogP contribution is 2.43. The summed E-state index contributed by atoms with van der Waals surface area (Å²) in [5.74, 6) is 0. The van der Waals surface area contributed by atoms with E-state index in [9.17, 15) is 5.26 Å². The number of para-hydroxylation sites is 3. The molecule has 0 amide bonds. The first-order valence-corrected chi connectivity index (χ1v) is 13.2. The standard InChI is InChI=1S/C37H21NO2/c38-22-23-8-5-9-24(20-23)32-21-25(26-12-7-17-35-36(26)31-11-2-4-16-34(31)39-35)18-19-27(32)29-13-6-14-30-28-10-1-3-15-33(28)40-37(29)30/h1-21H. The van der Waals surface area contributed by atoms with E-state index in [4.69, 9.17) is 8.83 Å². The van der Waals surface area contributed by atoms with Crippen molar-refractivity contribution in [3.63, 3.8) is 0 Å². The van der Waals surface area contributed by atoms with E-state index >= 15 is 0 Å². The Hall–Kier alpha value is -5.59. The SMILES string of the molecule is N#Cc1cccc(-c2cc(-c3cccc4oc5ccccc5c34)ccc2-c2cccc3c2oc2ccccc23)c1. The topological polar surface area (TPSA) is 50.1 Å². The highest BCUT2D eigenvalue weighted by atomic mass is 16.3. The molecule has 0 radical (unpaired) electrons. The number of hydrogen-bond acceptors (Lipinski definition) is 3. The fraction of sp³-hybridized carbons (Fsp3) is 0. The summed E-state index contributed by atoms with van der Waals surface area (Å²) in [5.41, 5.74) is 10.4. The maximum absolute atomic E-state index is 9.67. The summed E-state index contributed by atoms with van der Waals surface area (Å²) in [7, 11) is 0. The number of furan rings is 2. The Morgan fingerprint density at radius 3 is 2.00 bits per heavy atom. The monoisotopic (exact) mass is 511 g/mol. The molecule has 0 bridgehead atoms. The number of nitrogens with zero attached hydrogens (tertiary/aromatic N) is 1. The molecule has 6 aromatic carbocycles. The summed E-state index contributed by atoms with van der Waals surface area (Å²) < 4.78 is 12.6. The van der Waals surface area contributed by atoms with Gasteiger partial charge in [0.2, 0.25) is 0 Å². The third kappa shape index (κ3) is 3.37. The van der Waals surface area contributed by atoms with Crippen LogP contribution in [0.15, 0.2) is 136 Å². The lowest BCUT2D eigenvalue weighted by atomic mass is 9.89. The van der Waals surface area contributed by atoms with Gasteiger partial charge in [-0.15, -0.1) is 0 Å². The lowest BCUT2D eigenvalue weighted by molar-refractivity contribution is 0.669. The molecule has 0 aliphatic rings. The first kappa shape index (κ1) is 22.4. The van der Waals surface area contributed by atoms with Crippen molar-refractivity contribution in [3.05, 3.63) is 133 Å². The maximum Gasteiger partial charge on any atom is 0.143 e. The van der Waals surface area contributed by atoms with Gasteiger partial charge in [-0.3, -0.25) is 0 Å². The Labute approximate surface area is 230 Å². The van der Waals surface area contributed by atoms with E-state index in [2.05, 4.69) is 66.7 Å². The van der Waals surface area contributed by atoms with Crippen LogP contribution >= 0.6 is 0 Å². The van der Waals surface area contributed by atoms with Crippen molar-refractivity contribution in [2.45, 2.75) is 0 Å². The molecule has 8 rings (SSSR count). The molecule has 0 spiro atoms. The van der Waals surface area contributed by atoms with E-state index in [0.717, 1.165) is 77.3 Å².